The van der Waals surface area contributed by atoms with Gasteiger partial charge in [0.15, 0.2) is 0 Å². The van der Waals surface area contributed by atoms with E-state index < -0.39 is 0 Å². The van der Waals surface area contributed by atoms with Crippen LogP contribution < -0.4 is 4.74 Å². The first kappa shape index (κ1) is 20.2. The van der Waals surface area contributed by atoms with Crippen molar-refractivity contribution in [2.24, 2.45) is 0 Å². The molecule has 2 heterocycles. The maximum absolute atomic E-state index is 13.2. The van der Waals surface area contributed by atoms with Crippen molar-refractivity contribution in [2.75, 3.05) is 19.7 Å². The van der Waals surface area contributed by atoms with E-state index in [1.807, 2.05) is 24.0 Å². The van der Waals surface area contributed by atoms with Crippen molar-refractivity contribution in [3.63, 3.8) is 0 Å². The van der Waals surface area contributed by atoms with Gasteiger partial charge in [0.05, 0.1) is 6.04 Å². The van der Waals surface area contributed by atoms with Crippen LogP contribution in [0.1, 0.15) is 42.7 Å². The van der Waals surface area contributed by atoms with Crippen LogP contribution in [0, 0.1) is 0 Å². The van der Waals surface area contributed by atoms with Crippen LogP contribution in [-0.2, 0) is 16.0 Å². The summed E-state index contributed by atoms with van der Waals surface area (Å²) in [7, 11) is 0. The van der Waals surface area contributed by atoms with Crippen molar-refractivity contribution >= 4 is 34.8 Å². The van der Waals surface area contributed by atoms with Gasteiger partial charge < -0.3 is 14.5 Å². The van der Waals surface area contributed by atoms with E-state index in [0.29, 0.717) is 24.6 Å². The summed E-state index contributed by atoms with van der Waals surface area (Å²) in [6.45, 7) is 3.04. The molecule has 1 aliphatic carbocycles. The third-order valence-corrected chi connectivity index (χ3v) is 6.80. The van der Waals surface area contributed by atoms with E-state index in [9.17, 15) is 9.59 Å². The summed E-state index contributed by atoms with van der Waals surface area (Å²) in [6.07, 6.45) is 3.27. The molecule has 2 amide bonds. The first-order chi connectivity index (χ1) is 14.1. The number of nitrogens with zero attached hydrogens (tertiary/aromatic N) is 2. The lowest BCUT2D eigenvalue weighted by atomic mass is 10.0. The average Bonchev–Trinajstić information content (AvgIpc) is 3.46. The monoisotopic (exact) mass is 432 g/mol. The first-order valence-corrected chi connectivity index (χ1v) is 11.4. The quantitative estimate of drug-likeness (QED) is 0.655. The van der Waals surface area contributed by atoms with Gasteiger partial charge in [0, 0.05) is 28.9 Å². The number of fused-ring (bicyclic) bond motifs is 1. The molecule has 0 radical (unpaired) electrons. The number of halogens is 1. The molecule has 0 spiro atoms. The van der Waals surface area contributed by atoms with Crippen LogP contribution >= 0.6 is 22.9 Å². The third-order valence-electron chi connectivity index (χ3n) is 5.55. The molecule has 2 aliphatic rings. The summed E-state index contributed by atoms with van der Waals surface area (Å²) in [5.74, 6) is 0.785. The molecule has 154 valence electrons. The van der Waals surface area contributed by atoms with Gasteiger partial charge in [-0.25, -0.2) is 0 Å². The Morgan fingerprint density at radius 2 is 2.00 bits per heavy atom. The Balaban J connectivity index is 1.50. The molecule has 0 N–H and O–H groups in total. The number of rotatable bonds is 7. The number of carbonyl (C=O) groups is 2. The number of ether oxygens (including phenoxy) is 1. The van der Waals surface area contributed by atoms with Gasteiger partial charge in [-0.1, -0.05) is 18.5 Å². The Morgan fingerprint density at radius 1 is 1.24 bits per heavy atom. The predicted octanol–water partition coefficient (Wildman–Crippen LogP) is 4.31. The highest BCUT2D eigenvalue weighted by molar-refractivity contribution is 7.10. The maximum atomic E-state index is 13.2. The molecule has 0 unspecified atom stereocenters. The minimum Gasteiger partial charge on any atom is -0.491 e. The van der Waals surface area contributed by atoms with Gasteiger partial charge in [-0.15, -0.1) is 11.3 Å². The van der Waals surface area contributed by atoms with Crippen LogP contribution in [0.4, 0.5) is 0 Å². The maximum Gasteiger partial charge on any atom is 0.242 e. The number of amides is 2. The zero-order valence-corrected chi connectivity index (χ0v) is 18.0. The second kappa shape index (κ2) is 8.76. The SMILES string of the molecule is CCC(=O)N(CC(=O)N1CCc2sccc2[C@H]1COc1ccc(Cl)cc1)C1CC1. The van der Waals surface area contributed by atoms with Crippen LogP contribution in [0.15, 0.2) is 35.7 Å². The van der Waals surface area contributed by atoms with Gasteiger partial charge in [0.25, 0.3) is 0 Å². The highest BCUT2D eigenvalue weighted by atomic mass is 35.5. The zero-order chi connectivity index (χ0) is 20.4. The second-order valence-corrected chi connectivity index (χ2v) is 8.96. The largest absolute Gasteiger partial charge is 0.491 e. The first-order valence-electron chi connectivity index (χ1n) is 10.1. The molecule has 1 aromatic heterocycles. The molecule has 1 atom stereocenters. The Hall–Kier alpha value is -2.05. The molecular weight excluding hydrogens is 408 g/mol. The zero-order valence-electron chi connectivity index (χ0n) is 16.5. The number of hydrogen-bond donors (Lipinski definition) is 0. The van der Waals surface area contributed by atoms with Gasteiger partial charge in [-0.2, -0.15) is 0 Å². The van der Waals surface area contributed by atoms with Crippen molar-refractivity contribution in [1.29, 1.82) is 0 Å². The summed E-state index contributed by atoms with van der Waals surface area (Å²) in [5, 5.41) is 2.73. The third kappa shape index (κ3) is 4.59. The van der Waals surface area contributed by atoms with E-state index in [-0.39, 0.29) is 30.4 Å². The summed E-state index contributed by atoms with van der Waals surface area (Å²) in [6, 6.07) is 9.43. The van der Waals surface area contributed by atoms with Crippen molar-refractivity contribution in [3.8, 4) is 5.75 Å². The molecule has 0 saturated heterocycles. The van der Waals surface area contributed by atoms with Crippen molar-refractivity contribution in [1.82, 2.24) is 9.80 Å². The van der Waals surface area contributed by atoms with Crippen molar-refractivity contribution in [2.45, 2.75) is 44.7 Å². The highest BCUT2D eigenvalue weighted by Gasteiger charge is 2.37. The lowest BCUT2D eigenvalue weighted by molar-refractivity contribution is -0.143. The van der Waals surface area contributed by atoms with Gasteiger partial charge in [0.2, 0.25) is 11.8 Å². The normalized spacial score (nSPS) is 18.3. The average molecular weight is 433 g/mol. The molecule has 1 fully saturated rings. The van der Waals surface area contributed by atoms with Gasteiger partial charge in [-0.05, 0) is 60.5 Å². The van der Waals surface area contributed by atoms with Crippen LogP contribution in [0.5, 0.6) is 5.75 Å². The Kier molecular flexibility index (Phi) is 6.11. The lowest BCUT2D eigenvalue weighted by Gasteiger charge is -2.37. The molecular formula is C22H25ClN2O3S. The highest BCUT2D eigenvalue weighted by Crippen LogP contribution is 2.35. The van der Waals surface area contributed by atoms with E-state index in [1.165, 1.54) is 4.88 Å². The lowest BCUT2D eigenvalue weighted by Crippen LogP contribution is -2.48. The molecule has 7 heteroatoms. The van der Waals surface area contributed by atoms with Crippen LogP contribution in [0.3, 0.4) is 0 Å². The van der Waals surface area contributed by atoms with Gasteiger partial charge in [0.1, 0.15) is 18.9 Å². The number of hydrogen-bond acceptors (Lipinski definition) is 4. The molecule has 5 nitrogen and oxygen atoms in total. The topological polar surface area (TPSA) is 49.9 Å². The Labute approximate surface area is 180 Å². The number of carbonyl (C=O) groups excluding carboxylic acids is 2. The fourth-order valence-electron chi connectivity index (χ4n) is 3.83. The Bertz CT molecular complexity index is 878. The standard InChI is InChI=1S/C22H25ClN2O3S/c1-2-21(26)25(16-5-6-16)13-22(27)24-11-9-20-18(10-12-29-20)19(24)14-28-17-7-3-15(23)4-8-17/h3-4,7-8,10,12,16,19H,2,5-6,9,11,13-14H2,1H3/t19-/m1/s1. The molecule has 2 aromatic rings. The van der Waals surface area contributed by atoms with E-state index >= 15 is 0 Å². The van der Waals surface area contributed by atoms with Gasteiger partial charge in [-0.3, -0.25) is 9.59 Å². The summed E-state index contributed by atoms with van der Waals surface area (Å²) in [5.41, 5.74) is 1.16. The Morgan fingerprint density at radius 3 is 2.69 bits per heavy atom. The van der Waals surface area contributed by atoms with Crippen LogP contribution in [-0.4, -0.2) is 47.4 Å². The number of benzene rings is 1. The van der Waals surface area contributed by atoms with Crippen molar-refractivity contribution < 1.29 is 14.3 Å². The molecule has 0 bridgehead atoms. The minimum atomic E-state index is -0.147. The van der Waals surface area contributed by atoms with E-state index in [4.69, 9.17) is 16.3 Å². The number of thiophene rings is 1. The van der Waals surface area contributed by atoms with E-state index in [0.717, 1.165) is 30.6 Å². The molecule has 1 aliphatic heterocycles. The molecule has 29 heavy (non-hydrogen) atoms. The minimum absolute atomic E-state index is 0.000237. The smallest absolute Gasteiger partial charge is 0.242 e. The molecule has 4 rings (SSSR count). The summed E-state index contributed by atoms with van der Waals surface area (Å²) < 4.78 is 6.01. The fourth-order valence-corrected chi connectivity index (χ4v) is 4.88. The summed E-state index contributed by atoms with van der Waals surface area (Å²) in [4.78, 5) is 30.5. The van der Waals surface area contributed by atoms with E-state index in [1.54, 1.807) is 28.4 Å². The molecule has 1 aromatic carbocycles. The second-order valence-electron chi connectivity index (χ2n) is 7.52. The van der Waals surface area contributed by atoms with Crippen molar-refractivity contribution in [3.05, 3.63) is 51.2 Å². The van der Waals surface area contributed by atoms with E-state index in [2.05, 4.69) is 11.4 Å². The van der Waals surface area contributed by atoms with Crippen LogP contribution in [0.2, 0.25) is 5.02 Å². The fraction of sp³-hybridized carbons (Fsp3) is 0.455. The van der Waals surface area contributed by atoms with Gasteiger partial charge >= 0.3 is 0 Å². The molecule has 1 saturated carbocycles. The van der Waals surface area contributed by atoms with Crippen LogP contribution in [0.25, 0.3) is 0 Å². The predicted molar refractivity (Wildman–Crippen MR) is 114 cm³/mol. The summed E-state index contributed by atoms with van der Waals surface area (Å²) >= 11 is 7.68.